The first kappa shape index (κ1) is 8.03. The van der Waals surface area contributed by atoms with Gasteiger partial charge in [-0.05, 0) is 13.0 Å². The van der Waals surface area contributed by atoms with Crippen LogP contribution >= 0.6 is 11.3 Å². The predicted molar refractivity (Wildman–Crippen MR) is 46.6 cm³/mol. The minimum absolute atomic E-state index is 0.328. The van der Waals surface area contributed by atoms with Crippen LogP contribution in [0.2, 0.25) is 0 Å². The van der Waals surface area contributed by atoms with Gasteiger partial charge >= 0.3 is 0 Å². The molecule has 11 heavy (non-hydrogen) atoms. The van der Waals surface area contributed by atoms with Crippen LogP contribution < -0.4 is 0 Å². The molecular weight excluding hydrogens is 156 g/mol. The maximum absolute atomic E-state index is 9.90. The lowest BCUT2D eigenvalue weighted by Gasteiger charge is -1.74. The van der Waals surface area contributed by atoms with Gasteiger partial charge in [-0.3, -0.25) is 0 Å². The SMILES string of the molecule is Cc1cc(C#CCC=O)cs1. The summed E-state index contributed by atoms with van der Waals surface area (Å²) >= 11 is 1.67. The first-order valence-corrected chi connectivity index (χ1v) is 4.18. The first-order valence-electron chi connectivity index (χ1n) is 3.30. The number of hydrogen-bond acceptors (Lipinski definition) is 2. The lowest BCUT2D eigenvalue weighted by Crippen LogP contribution is -1.68. The molecule has 0 bridgehead atoms. The van der Waals surface area contributed by atoms with Crippen LogP contribution in [0.1, 0.15) is 16.9 Å². The molecule has 0 unspecified atom stereocenters. The Morgan fingerprint density at radius 2 is 2.55 bits per heavy atom. The van der Waals surface area contributed by atoms with Crippen molar-refractivity contribution in [1.82, 2.24) is 0 Å². The number of carbonyl (C=O) groups is 1. The number of hydrogen-bond donors (Lipinski definition) is 0. The largest absolute Gasteiger partial charge is 0.302 e. The van der Waals surface area contributed by atoms with Gasteiger partial charge in [-0.1, -0.05) is 11.8 Å². The summed E-state index contributed by atoms with van der Waals surface area (Å²) in [4.78, 5) is 11.2. The quantitative estimate of drug-likeness (QED) is 0.458. The van der Waals surface area contributed by atoms with E-state index in [2.05, 4.69) is 11.8 Å². The summed E-state index contributed by atoms with van der Waals surface area (Å²) in [5.74, 6) is 5.65. The number of thiophene rings is 1. The van der Waals surface area contributed by atoms with Crippen LogP contribution in [0, 0.1) is 18.8 Å². The molecule has 0 saturated heterocycles. The Labute approximate surface area is 70.1 Å². The Hall–Kier alpha value is -1.07. The fraction of sp³-hybridized carbons (Fsp3) is 0.222. The van der Waals surface area contributed by atoms with Crippen molar-refractivity contribution in [3.05, 3.63) is 21.9 Å². The Balaban J connectivity index is 2.65. The summed E-state index contributed by atoms with van der Waals surface area (Å²) in [5, 5.41) is 1.99. The van der Waals surface area contributed by atoms with Crippen LogP contribution in [0.4, 0.5) is 0 Å². The van der Waals surface area contributed by atoms with Crippen LogP contribution in [0.15, 0.2) is 11.4 Å². The van der Waals surface area contributed by atoms with E-state index in [0.717, 1.165) is 11.8 Å². The predicted octanol–water partition coefficient (Wildman–Crippen LogP) is 2.00. The van der Waals surface area contributed by atoms with E-state index in [1.807, 2.05) is 18.4 Å². The number of aryl methyl sites for hydroxylation is 1. The van der Waals surface area contributed by atoms with Crippen molar-refractivity contribution in [3.8, 4) is 11.8 Å². The molecule has 0 aliphatic carbocycles. The number of carbonyl (C=O) groups excluding carboxylic acids is 1. The van der Waals surface area contributed by atoms with Crippen molar-refractivity contribution in [2.45, 2.75) is 13.3 Å². The summed E-state index contributed by atoms with van der Waals surface area (Å²) < 4.78 is 0. The molecule has 1 nitrogen and oxygen atoms in total. The van der Waals surface area contributed by atoms with Gasteiger partial charge in [0, 0.05) is 15.8 Å². The zero-order chi connectivity index (χ0) is 8.10. The molecule has 1 aromatic rings. The van der Waals surface area contributed by atoms with Gasteiger partial charge in [-0.25, -0.2) is 0 Å². The van der Waals surface area contributed by atoms with Gasteiger partial charge in [0.25, 0.3) is 0 Å². The van der Waals surface area contributed by atoms with Crippen molar-refractivity contribution < 1.29 is 4.79 Å². The second-order valence-electron chi connectivity index (χ2n) is 2.12. The summed E-state index contributed by atoms with van der Waals surface area (Å²) in [6.45, 7) is 2.04. The van der Waals surface area contributed by atoms with Gasteiger partial charge in [0.05, 0.1) is 6.42 Å². The van der Waals surface area contributed by atoms with Crippen molar-refractivity contribution in [3.63, 3.8) is 0 Å². The van der Waals surface area contributed by atoms with E-state index in [1.54, 1.807) is 11.3 Å². The molecule has 0 N–H and O–H groups in total. The van der Waals surface area contributed by atoms with Gasteiger partial charge < -0.3 is 4.79 Å². The van der Waals surface area contributed by atoms with E-state index in [0.29, 0.717) is 6.42 Å². The van der Waals surface area contributed by atoms with Crippen LogP contribution in [0.25, 0.3) is 0 Å². The topological polar surface area (TPSA) is 17.1 Å². The monoisotopic (exact) mass is 164 g/mol. The number of aldehydes is 1. The maximum Gasteiger partial charge on any atom is 0.131 e. The average Bonchev–Trinajstić information content (AvgIpc) is 2.37. The van der Waals surface area contributed by atoms with Gasteiger partial charge in [0.2, 0.25) is 0 Å². The van der Waals surface area contributed by atoms with E-state index >= 15 is 0 Å². The molecule has 1 aromatic heterocycles. The Morgan fingerprint density at radius 1 is 1.73 bits per heavy atom. The third kappa shape index (κ3) is 2.57. The highest BCUT2D eigenvalue weighted by atomic mass is 32.1. The third-order valence-corrected chi connectivity index (χ3v) is 2.01. The highest BCUT2D eigenvalue weighted by molar-refractivity contribution is 7.10. The molecule has 0 radical (unpaired) electrons. The van der Waals surface area contributed by atoms with Crippen molar-refractivity contribution in [2.24, 2.45) is 0 Å². The minimum Gasteiger partial charge on any atom is -0.302 e. The molecule has 1 rings (SSSR count). The molecule has 1 heterocycles. The lowest BCUT2D eigenvalue weighted by atomic mass is 10.3. The molecule has 2 heteroatoms. The summed E-state index contributed by atoms with van der Waals surface area (Å²) in [6, 6.07) is 2.02. The van der Waals surface area contributed by atoms with E-state index in [9.17, 15) is 4.79 Å². The highest BCUT2D eigenvalue weighted by Gasteiger charge is 1.88. The summed E-state index contributed by atoms with van der Waals surface area (Å²) in [5.41, 5.74) is 1.01. The minimum atomic E-state index is 0.328. The normalized spacial score (nSPS) is 8.45. The second kappa shape index (κ2) is 3.95. The highest BCUT2D eigenvalue weighted by Crippen LogP contribution is 2.11. The molecule has 0 spiro atoms. The fourth-order valence-electron chi connectivity index (χ4n) is 0.704. The summed E-state index contributed by atoms with van der Waals surface area (Å²) in [7, 11) is 0. The van der Waals surface area contributed by atoms with Crippen molar-refractivity contribution in [2.75, 3.05) is 0 Å². The van der Waals surface area contributed by atoms with Crippen molar-refractivity contribution >= 4 is 17.6 Å². The summed E-state index contributed by atoms with van der Waals surface area (Å²) in [6.07, 6.45) is 1.14. The average molecular weight is 164 g/mol. The second-order valence-corrected chi connectivity index (χ2v) is 3.23. The van der Waals surface area contributed by atoms with Crippen LogP contribution in [-0.2, 0) is 4.79 Å². The molecule has 0 aromatic carbocycles. The van der Waals surface area contributed by atoms with Gasteiger partial charge in [-0.15, -0.1) is 11.3 Å². The van der Waals surface area contributed by atoms with Gasteiger partial charge in [0.1, 0.15) is 6.29 Å². The van der Waals surface area contributed by atoms with Gasteiger partial charge in [0.15, 0.2) is 0 Å². The lowest BCUT2D eigenvalue weighted by molar-refractivity contribution is -0.107. The Morgan fingerprint density at radius 3 is 3.09 bits per heavy atom. The molecule has 0 aliphatic rings. The molecule has 0 aliphatic heterocycles. The zero-order valence-electron chi connectivity index (χ0n) is 6.26. The van der Waals surface area contributed by atoms with Crippen LogP contribution in [-0.4, -0.2) is 6.29 Å². The smallest absolute Gasteiger partial charge is 0.131 e. The van der Waals surface area contributed by atoms with Crippen LogP contribution in [0.3, 0.4) is 0 Å². The van der Waals surface area contributed by atoms with Crippen molar-refractivity contribution in [1.29, 1.82) is 0 Å². The molecular formula is C9H8OS. The van der Waals surface area contributed by atoms with E-state index in [4.69, 9.17) is 0 Å². The standard InChI is InChI=1S/C9H8OS/c1-8-6-9(7-11-8)4-2-3-5-10/h5-7H,3H2,1H3. The molecule has 0 atom stereocenters. The van der Waals surface area contributed by atoms with E-state index in [1.165, 1.54) is 4.88 Å². The Kier molecular flexibility index (Phi) is 2.88. The Bertz CT molecular complexity index is 301. The van der Waals surface area contributed by atoms with Gasteiger partial charge in [-0.2, -0.15) is 0 Å². The molecule has 0 saturated carbocycles. The van der Waals surface area contributed by atoms with E-state index < -0.39 is 0 Å². The maximum atomic E-state index is 9.90. The third-order valence-electron chi connectivity index (χ3n) is 1.15. The van der Waals surface area contributed by atoms with E-state index in [-0.39, 0.29) is 0 Å². The molecule has 0 fully saturated rings. The van der Waals surface area contributed by atoms with Crippen LogP contribution in [0.5, 0.6) is 0 Å². The fourth-order valence-corrected chi connectivity index (χ4v) is 1.34. The first-order chi connectivity index (χ1) is 5.33. The molecule has 0 amide bonds. The molecule has 56 valence electrons. The number of rotatable bonds is 1. The zero-order valence-corrected chi connectivity index (χ0v) is 7.07.